The average Bonchev–Trinajstić information content (AvgIpc) is 3.14. The number of nitrogens with one attached hydrogen (secondary N) is 1. The van der Waals surface area contributed by atoms with Crippen LogP contribution in [0.3, 0.4) is 0 Å². The topological polar surface area (TPSA) is 89.7 Å². The van der Waals surface area contributed by atoms with Crippen molar-refractivity contribution < 1.29 is 18.8 Å². The number of methoxy groups -OCH3 is 2. The van der Waals surface area contributed by atoms with Crippen molar-refractivity contribution in [3.63, 3.8) is 0 Å². The lowest BCUT2D eigenvalue weighted by molar-refractivity contribution is -0.127. The minimum atomic E-state index is 0.111. The van der Waals surface area contributed by atoms with E-state index >= 15 is 0 Å². The monoisotopic (exact) mass is 442 g/mol. The molecule has 8 heteroatoms. The largest absolute Gasteiger partial charge is 0.493 e. The lowest BCUT2D eigenvalue weighted by atomic mass is 9.95. The second-order valence-electron chi connectivity index (χ2n) is 8.83. The molecule has 0 unspecified atom stereocenters. The molecule has 0 atom stereocenters. The zero-order valence-corrected chi connectivity index (χ0v) is 19.1. The van der Waals surface area contributed by atoms with Crippen LogP contribution in [0.5, 0.6) is 11.5 Å². The summed E-state index contributed by atoms with van der Waals surface area (Å²) < 4.78 is 16.1. The molecule has 1 amide bonds. The quantitative estimate of drug-likeness (QED) is 0.652. The first-order valence-electron chi connectivity index (χ1n) is 11.7. The van der Waals surface area contributed by atoms with Gasteiger partial charge in [-0.2, -0.15) is 4.98 Å². The molecule has 8 nitrogen and oxygen atoms in total. The summed E-state index contributed by atoms with van der Waals surface area (Å²) in [5.74, 6) is 2.74. The van der Waals surface area contributed by atoms with Crippen LogP contribution in [0.25, 0.3) is 11.4 Å². The number of amides is 1. The van der Waals surface area contributed by atoms with Crippen LogP contribution in [0.1, 0.15) is 57.3 Å². The minimum absolute atomic E-state index is 0.111. The number of hydrogen-bond donors (Lipinski definition) is 1. The van der Waals surface area contributed by atoms with Crippen molar-refractivity contribution in [2.24, 2.45) is 5.92 Å². The Balaban J connectivity index is 1.27. The summed E-state index contributed by atoms with van der Waals surface area (Å²) in [5, 5.41) is 7.44. The number of benzene rings is 1. The third kappa shape index (κ3) is 5.59. The van der Waals surface area contributed by atoms with Gasteiger partial charge in [0.2, 0.25) is 17.6 Å². The van der Waals surface area contributed by atoms with E-state index < -0.39 is 0 Å². The van der Waals surface area contributed by atoms with Crippen molar-refractivity contribution in [3.8, 4) is 22.9 Å². The van der Waals surface area contributed by atoms with E-state index in [2.05, 4.69) is 20.4 Å². The minimum Gasteiger partial charge on any atom is -0.493 e. The van der Waals surface area contributed by atoms with Gasteiger partial charge >= 0.3 is 0 Å². The smallest absolute Gasteiger partial charge is 0.241 e. The van der Waals surface area contributed by atoms with Crippen LogP contribution >= 0.6 is 0 Å². The highest BCUT2D eigenvalue weighted by Crippen LogP contribution is 2.31. The number of carbonyl (C=O) groups is 1. The summed E-state index contributed by atoms with van der Waals surface area (Å²) in [6.07, 6.45) is 9.07. The fraction of sp³-hybridized carbons (Fsp3) is 0.625. The molecule has 174 valence electrons. The Morgan fingerprint density at radius 3 is 2.47 bits per heavy atom. The van der Waals surface area contributed by atoms with Crippen LogP contribution < -0.4 is 14.8 Å². The number of aromatic nitrogens is 2. The number of carbonyl (C=O) groups excluding carboxylic acids is 1. The van der Waals surface area contributed by atoms with Crippen LogP contribution in [-0.4, -0.2) is 54.3 Å². The van der Waals surface area contributed by atoms with Gasteiger partial charge < -0.3 is 19.3 Å². The molecule has 2 fully saturated rings. The molecule has 0 bridgehead atoms. The predicted octanol–water partition coefficient (Wildman–Crippen LogP) is 3.80. The third-order valence-corrected chi connectivity index (χ3v) is 6.63. The number of nitrogens with zero attached hydrogens (tertiary/aromatic N) is 3. The Kier molecular flexibility index (Phi) is 7.63. The van der Waals surface area contributed by atoms with Gasteiger partial charge in [0.25, 0.3) is 0 Å². The summed E-state index contributed by atoms with van der Waals surface area (Å²) in [6, 6.07) is 5.92. The van der Waals surface area contributed by atoms with Crippen LogP contribution in [0, 0.1) is 5.92 Å². The van der Waals surface area contributed by atoms with Gasteiger partial charge in [-0.25, -0.2) is 0 Å². The van der Waals surface area contributed by atoms with Crippen molar-refractivity contribution in [3.05, 3.63) is 24.1 Å². The number of ether oxygens (including phenoxy) is 2. The number of rotatable bonds is 7. The molecule has 1 saturated carbocycles. The molecule has 1 aromatic carbocycles. The Bertz CT molecular complexity index is 884. The SMILES string of the molecule is COc1ccc(-c2noc(CN3CCC(C(=O)NC4CCCCCC4)CC3)n2)cc1OC. The van der Waals surface area contributed by atoms with Gasteiger partial charge in [-0.05, 0) is 57.0 Å². The van der Waals surface area contributed by atoms with E-state index in [1.165, 1.54) is 25.7 Å². The summed E-state index contributed by atoms with van der Waals surface area (Å²) >= 11 is 0. The van der Waals surface area contributed by atoms with Crippen molar-refractivity contribution in [2.75, 3.05) is 27.3 Å². The highest BCUT2D eigenvalue weighted by Gasteiger charge is 2.27. The van der Waals surface area contributed by atoms with Gasteiger partial charge in [0.05, 0.1) is 20.8 Å². The molecule has 2 heterocycles. The highest BCUT2D eigenvalue weighted by atomic mass is 16.5. The molecule has 2 aromatic rings. The van der Waals surface area contributed by atoms with Crippen molar-refractivity contribution in [1.29, 1.82) is 0 Å². The second-order valence-corrected chi connectivity index (χ2v) is 8.83. The lowest BCUT2D eigenvalue weighted by Gasteiger charge is -2.31. The first kappa shape index (κ1) is 22.6. The van der Waals surface area contributed by atoms with E-state index in [-0.39, 0.29) is 11.8 Å². The Hall–Kier alpha value is -2.61. The van der Waals surface area contributed by atoms with E-state index in [4.69, 9.17) is 14.0 Å². The molecule has 4 rings (SSSR count). The van der Waals surface area contributed by atoms with Crippen molar-refractivity contribution >= 4 is 5.91 Å². The molecule has 2 aliphatic rings. The van der Waals surface area contributed by atoms with E-state index in [0.717, 1.165) is 44.3 Å². The second kappa shape index (κ2) is 10.8. The Morgan fingerprint density at radius 1 is 1.06 bits per heavy atom. The van der Waals surface area contributed by atoms with Crippen LogP contribution in [0.2, 0.25) is 0 Å². The zero-order valence-electron chi connectivity index (χ0n) is 19.1. The predicted molar refractivity (Wildman–Crippen MR) is 120 cm³/mol. The number of likely N-dealkylation sites (tertiary alicyclic amines) is 1. The Labute approximate surface area is 189 Å². The van der Waals surface area contributed by atoms with E-state index in [0.29, 0.717) is 35.8 Å². The summed E-state index contributed by atoms with van der Waals surface area (Å²) in [5.41, 5.74) is 0.812. The summed E-state index contributed by atoms with van der Waals surface area (Å²) in [6.45, 7) is 2.31. The first-order chi connectivity index (χ1) is 15.7. The molecular weight excluding hydrogens is 408 g/mol. The number of hydrogen-bond acceptors (Lipinski definition) is 7. The third-order valence-electron chi connectivity index (χ3n) is 6.63. The maximum Gasteiger partial charge on any atom is 0.241 e. The fourth-order valence-electron chi connectivity index (χ4n) is 4.70. The molecule has 1 aliphatic heterocycles. The van der Waals surface area contributed by atoms with Crippen molar-refractivity contribution in [2.45, 2.75) is 64.0 Å². The van der Waals surface area contributed by atoms with Gasteiger partial charge in [0.1, 0.15) is 0 Å². The summed E-state index contributed by atoms with van der Waals surface area (Å²) in [7, 11) is 3.21. The van der Waals surface area contributed by atoms with Gasteiger partial charge in [-0.3, -0.25) is 9.69 Å². The molecular formula is C24H34N4O4. The Morgan fingerprint density at radius 2 is 1.78 bits per heavy atom. The fourth-order valence-corrected chi connectivity index (χ4v) is 4.70. The zero-order chi connectivity index (χ0) is 22.3. The molecule has 0 radical (unpaired) electrons. The van der Waals surface area contributed by atoms with Crippen LogP contribution in [0.15, 0.2) is 22.7 Å². The normalized spacial score (nSPS) is 18.8. The summed E-state index contributed by atoms with van der Waals surface area (Å²) in [4.78, 5) is 19.5. The lowest BCUT2D eigenvalue weighted by Crippen LogP contribution is -2.43. The van der Waals surface area contributed by atoms with Crippen LogP contribution in [-0.2, 0) is 11.3 Å². The van der Waals surface area contributed by atoms with Gasteiger partial charge in [0, 0.05) is 17.5 Å². The molecule has 1 aromatic heterocycles. The van der Waals surface area contributed by atoms with Gasteiger partial charge in [-0.15, -0.1) is 0 Å². The average molecular weight is 443 g/mol. The first-order valence-corrected chi connectivity index (χ1v) is 11.7. The standard InChI is InChI=1S/C24H34N4O4/c1-30-20-10-9-18(15-21(20)31-2)23-26-22(32-27-23)16-28-13-11-17(12-14-28)24(29)25-19-7-5-3-4-6-8-19/h9-10,15,17,19H,3-8,11-14,16H2,1-2H3,(H,25,29). The molecule has 1 saturated heterocycles. The maximum absolute atomic E-state index is 12.7. The highest BCUT2D eigenvalue weighted by molar-refractivity contribution is 5.79. The number of piperidine rings is 1. The molecule has 0 spiro atoms. The molecule has 1 aliphatic carbocycles. The van der Waals surface area contributed by atoms with Crippen LogP contribution in [0.4, 0.5) is 0 Å². The van der Waals surface area contributed by atoms with Gasteiger partial charge in [-0.1, -0.05) is 30.8 Å². The van der Waals surface area contributed by atoms with Gasteiger partial charge in [0.15, 0.2) is 11.5 Å². The molecule has 1 N–H and O–H groups in total. The van der Waals surface area contributed by atoms with E-state index in [1.54, 1.807) is 14.2 Å². The van der Waals surface area contributed by atoms with E-state index in [9.17, 15) is 4.79 Å². The maximum atomic E-state index is 12.7. The van der Waals surface area contributed by atoms with E-state index in [1.807, 2.05) is 18.2 Å². The molecule has 32 heavy (non-hydrogen) atoms. The van der Waals surface area contributed by atoms with Crippen molar-refractivity contribution in [1.82, 2.24) is 20.4 Å².